The van der Waals surface area contributed by atoms with Crippen molar-refractivity contribution in [2.75, 3.05) is 11.9 Å². The van der Waals surface area contributed by atoms with E-state index in [1.54, 1.807) is 31.2 Å². The first-order valence-electron chi connectivity index (χ1n) is 9.58. The molecule has 5 nitrogen and oxygen atoms in total. The van der Waals surface area contributed by atoms with E-state index in [0.717, 1.165) is 24.8 Å². The molecule has 28 heavy (non-hydrogen) atoms. The van der Waals surface area contributed by atoms with Gasteiger partial charge in [-0.25, -0.2) is 4.79 Å². The molecule has 5 heteroatoms. The van der Waals surface area contributed by atoms with Gasteiger partial charge in [-0.3, -0.25) is 9.59 Å². The van der Waals surface area contributed by atoms with E-state index < -0.39 is 16.8 Å². The predicted molar refractivity (Wildman–Crippen MR) is 109 cm³/mol. The highest BCUT2D eigenvalue weighted by atomic mass is 16.5. The third-order valence-corrected chi connectivity index (χ3v) is 5.21. The van der Waals surface area contributed by atoms with Crippen molar-refractivity contribution in [3.05, 3.63) is 79.6 Å². The first-order chi connectivity index (χ1) is 13.6. The van der Waals surface area contributed by atoms with Crippen molar-refractivity contribution in [1.29, 1.82) is 0 Å². The molecular weight excluding hydrogens is 354 g/mol. The van der Waals surface area contributed by atoms with Crippen molar-refractivity contribution in [1.82, 2.24) is 0 Å². The Morgan fingerprint density at radius 1 is 0.964 bits per heavy atom. The lowest BCUT2D eigenvalue weighted by Crippen LogP contribution is -2.35. The molecule has 4 rings (SSSR count). The van der Waals surface area contributed by atoms with Crippen LogP contribution in [0.15, 0.2) is 52.1 Å². The predicted octanol–water partition coefficient (Wildman–Crippen LogP) is 3.75. The van der Waals surface area contributed by atoms with Crippen molar-refractivity contribution in [2.24, 2.45) is 0 Å². The largest absolute Gasteiger partial charge is 0.462 e. The molecule has 0 heterocycles. The third kappa shape index (κ3) is 3.24. The maximum atomic E-state index is 12.2. The van der Waals surface area contributed by atoms with E-state index in [9.17, 15) is 14.4 Å². The van der Waals surface area contributed by atoms with Gasteiger partial charge in [0, 0.05) is 5.69 Å². The number of fused-ring (bicyclic) bond motifs is 1. The maximum Gasteiger partial charge on any atom is 0.338 e. The number of nitrogens with one attached hydrogen (secondary N) is 1. The van der Waals surface area contributed by atoms with E-state index in [0.29, 0.717) is 29.1 Å². The van der Waals surface area contributed by atoms with E-state index in [2.05, 4.69) is 11.4 Å². The average Bonchev–Trinajstić information content (AvgIpc) is 2.73. The lowest BCUT2D eigenvalue weighted by molar-refractivity contribution is 0.0526. The Morgan fingerprint density at radius 2 is 1.68 bits per heavy atom. The number of rotatable bonds is 5. The molecule has 3 aromatic rings. The van der Waals surface area contributed by atoms with Gasteiger partial charge >= 0.3 is 5.97 Å². The lowest BCUT2D eigenvalue weighted by atomic mass is 9.88. The van der Waals surface area contributed by atoms with Crippen molar-refractivity contribution in [2.45, 2.75) is 32.6 Å². The number of anilines is 2. The second-order valence-corrected chi connectivity index (χ2v) is 7.02. The Labute approximate surface area is 162 Å². The topological polar surface area (TPSA) is 72.5 Å². The van der Waals surface area contributed by atoms with Crippen LogP contribution in [-0.4, -0.2) is 12.6 Å². The molecule has 0 aliphatic heterocycles. The van der Waals surface area contributed by atoms with Crippen LogP contribution in [0.25, 0.3) is 11.1 Å². The van der Waals surface area contributed by atoms with Gasteiger partial charge in [0.15, 0.2) is 0 Å². The minimum atomic E-state index is -0.512. The van der Waals surface area contributed by atoms with E-state index >= 15 is 0 Å². The summed E-state index contributed by atoms with van der Waals surface area (Å²) < 4.78 is 4.97. The van der Waals surface area contributed by atoms with E-state index in [4.69, 9.17) is 4.74 Å². The summed E-state index contributed by atoms with van der Waals surface area (Å²) in [6, 6.07) is 12.7. The zero-order chi connectivity index (χ0) is 19.7. The van der Waals surface area contributed by atoms with Gasteiger partial charge in [0.25, 0.3) is 5.43 Å². The molecule has 1 aliphatic carbocycles. The maximum absolute atomic E-state index is 12.2. The highest BCUT2D eigenvalue weighted by Gasteiger charge is 2.23. The van der Waals surface area contributed by atoms with Gasteiger partial charge in [0.05, 0.1) is 17.7 Å². The molecule has 0 bridgehead atoms. The quantitative estimate of drug-likeness (QED) is 0.543. The van der Waals surface area contributed by atoms with Crippen LogP contribution >= 0.6 is 0 Å². The molecule has 0 spiro atoms. The number of benzene rings is 2. The van der Waals surface area contributed by atoms with Gasteiger partial charge in [-0.1, -0.05) is 18.2 Å². The number of carbonyl (C=O) groups is 1. The molecule has 3 aromatic carbocycles. The summed E-state index contributed by atoms with van der Waals surface area (Å²) in [5.74, 6) is -0.391. The van der Waals surface area contributed by atoms with E-state index in [1.807, 2.05) is 12.1 Å². The zero-order valence-corrected chi connectivity index (χ0v) is 15.7. The van der Waals surface area contributed by atoms with Crippen LogP contribution in [-0.2, 0) is 17.6 Å². The van der Waals surface area contributed by atoms with Crippen LogP contribution in [0.1, 0.15) is 41.3 Å². The lowest BCUT2D eigenvalue weighted by Gasteiger charge is -2.18. The molecule has 0 unspecified atom stereocenters. The number of esters is 1. The molecule has 0 radical (unpaired) electrons. The van der Waals surface area contributed by atoms with Crippen LogP contribution in [0.5, 0.6) is 0 Å². The second kappa shape index (κ2) is 7.43. The van der Waals surface area contributed by atoms with Crippen molar-refractivity contribution in [3.63, 3.8) is 0 Å². The first kappa shape index (κ1) is 18.2. The van der Waals surface area contributed by atoms with Crippen LogP contribution in [0.2, 0.25) is 0 Å². The fraction of sp³-hybridized carbons (Fsp3) is 0.261. The molecule has 1 N–H and O–H groups in total. The first-order valence-corrected chi connectivity index (χ1v) is 9.58. The molecule has 0 atom stereocenters. The fourth-order valence-electron chi connectivity index (χ4n) is 3.72. The molecule has 0 saturated carbocycles. The molecular formula is C23H21NO4. The Hall–Kier alpha value is -3.21. The summed E-state index contributed by atoms with van der Waals surface area (Å²) in [5, 5.41) is 3.04. The third-order valence-electron chi connectivity index (χ3n) is 5.21. The summed E-state index contributed by atoms with van der Waals surface area (Å²) in [6.45, 7) is 2.06. The monoisotopic (exact) mass is 375 g/mol. The average molecular weight is 375 g/mol. The fourth-order valence-corrected chi connectivity index (χ4v) is 3.72. The van der Waals surface area contributed by atoms with Crippen LogP contribution in [0.3, 0.4) is 0 Å². The minimum Gasteiger partial charge on any atom is -0.462 e. The molecule has 1 aliphatic rings. The smallest absolute Gasteiger partial charge is 0.338 e. The van der Waals surface area contributed by atoms with Gasteiger partial charge in [0.1, 0.15) is 5.69 Å². The van der Waals surface area contributed by atoms with Crippen molar-refractivity contribution in [3.8, 4) is 11.1 Å². The van der Waals surface area contributed by atoms with E-state index in [-0.39, 0.29) is 0 Å². The van der Waals surface area contributed by atoms with Gasteiger partial charge in [0.2, 0.25) is 5.43 Å². The summed E-state index contributed by atoms with van der Waals surface area (Å²) in [5.41, 5.74) is 4.24. The SMILES string of the molecule is CCOC(=O)c1ccc(Nc2c(-c3ccc4c(c3)CCCC4)c(=O)c2=O)cc1. The Morgan fingerprint density at radius 3 is 2.39 bits per heavy atom. The highest BCUT2D eigenvalue weighted by Crippen LogP contribution is 2.30. The van der Waals surface area contributed by atoms with Gasteiger partial charge in [-0.05, 0) is 73.6 Å². The summed E-state index contributed by atoms with van der Waals surface area (Å²) in [6.07, 6.45) is 4.43. The van der Waals surface area contributed by atoms with Gasteiger partial charge in [-0.2, -0.15) is 0 Å². The van der Waals surface area contributed by atoms with Crippen molar-refractivity contribution >= 4 is 17.3 Å². The summed E-state index contributed by atoms with van der Waals surface area (Å²) in [4.78, 5) is 36.1. The molecule has 0 amide bonds. The number of aryl methyl sites for hydroxylation is 2. The Kier molecular flexibility index (Phi) is 4.82. The number of hydrogen-bond acceptors (Lipinski definition) is 5. The van der Waals surface area contributed by atoms with Crippen LogP contribution in [0.4, 0.5) is 11.4 Å². The van der Waals surface area contributed by atoms with Gasteiger partial charge < -0.3 is 10.1 Å². The number of carbonyl (C=O) groups excluding carboxylic acids is 1. The number of ether oxygens (including phenoxy) is 1. The summed E-state index contributed by atoms with van der Waals surface area (Å²) >= 11 is 0. The standard InChI is InChI=1S/C23H21NO4/c1-2-28-23(27)15-9-11-18(12-10-15)24-20-19(21(25)22(20)26)17-8-7-14-5-3-4-6-16(14)13-17/h7-13,24H,2-6H2,1H3. The zero-order valence-electron chi connectivity index (χ0n) is 15.7. The minimum absolute atomic E-state index is 0.310. The van der Waals surface area contributed by atoms with Crippen LogP contribution < -0.4 is 16.2 Å². The summed E-state index contributed by atoms with van der Waals surface area (Å²) in [7, 11) is 0. The number of hydrogen-bond donors (Lipinski definition) is 1. The second-order valence-electron chi connectivity index (χ2n) is 7.02. The highest BCUT2D eigenvalue weighted by molar-refractivity contribution is 5.90. The normalized spacial score (nSPS) is 13.2. The molecule has 0 saturated heterocycles. The Balaban J connectivity index is 1.61. The van der Waals surface area contributed by atoms with E-state index in [1.165, 1.54) is 17.5 Å². The molecule has 0 fully saturated rings. The Bertz CT molecular complexity index is 1100. The molecule has 142 valence electrons. The molecule has 0 aromatic heterocycles. The van der Waals surface area contributed by atoms with Gasteiger partial charge in [-0.15, -0.1) is 0 Å². The van der Waals surface area contributed by atoms with Crippen LogP contribution in [0, 0.1) is 0 Å². The van der Waals surface area contributed by atoms with Crippen molar-refractivity contribution < 1.29 is 9.53 Å².